The molecule has 2 aromatic heterocycles. The van der Waals surface area contributed by atoms with Gasteiger partial charge >= 0.3 is 0 Å². The fraction of sp³-hybridized carbons (Fsp3) is 0.308. The van der Waals surface area contributed by atoms with Crippen molar-refractivity contribution in [1.82, 2.24) is 15.3 Å². The van der Waals surface area contributed by atoms with Gasteiger partial charge in [0.05, 0.1) is 12.7 Å². The van der Waals surface area contributed by atoms with Crippen molar-refractivity contribution in [3.05, 3.63) is 41.9 Å². The van der Waals surface area contributed by atoms with Crippen LogP contribution < -0.4 is 10.6 Å². The molecule has 0 aliphatic carbocycles. The summed E-state index contributed by atoms with van der Waals surface area (Å²) < 4.78 is 5.27. The first-order valence-corrected chi connectivity index (χ1v) is 6.08. The smallest absolute Gasteiger partial charge is 0.270 e. The molecule has 6 heteroatoms. The third-order valence-electron chi connectivity index (χ3n) is 2.44. The Balaban J connectivity index is 1.97. The number of hydrogen-bond acceptors (Lipinski definition) is 5. The van der Waals surface area contributed by atoms with E-state index in [0.29, 0.717) is 11.6 Å². The molecule has 0 saturated carbocycles. The molecule has 0 fully saturated rings. The number of aryl methyl sites for hydroxylation is 1. The standard InChI is InChI=1S/C13H16N4O2/c1-3-14-10-4-5-15-11(6-10)13(18)17-8-12-16-7-9(2)19-12/h4-7H,3,8H2,1-2H3,(H,14,15)(H,17,18). The van der Waals surface area contributed by atoms with E-state index in [2.05, 4.69) is 20.6 Å². The van der Waals surface area contributed by atoms with E-state index in [-0.39, 0.29) is 12.5 Å². The first-order valence-electron chi connectivity index (χ1n) is 6.08. The van der Waals surface area contributed by atoms with Gasteiger partial charge in [0.25, 0.3) is 5.91 Å². The third kappa shape index (κ3) is 3.54. The lowest BCUT2D eigenvalue weighted by Crippen LogP contribution is -2.24. The maximum Gasteiger partial charge on any atom is 0.270 e. The molecule has 0 unspecified atom stereocenters. The zero-order valence-corrected chi connectivity index (χ0v) is 10.9. The maximum absolute atomic E-state index is 11.9. The van der Waals surface area contributed by atoms with E-state index in [0.717, 1.165) is 18.0 Å². The second-order valence-corrected chi connectivity index (χ2v) is 4.01. The molecule has 0 spiro atoms. The topological polar surface area (TPSA) is 80.0 Å². The number of nitrogens with one attached hydrogen (secondary N) is 2. The van der Waals surface area contributed by atoms with Crippen LogP contribution in [0.25, 0.3) is 0 Å². The molecule has 19 heavy (non-hydrogen) atoms. The fourth-order valence-corrected chi connectivity index (χ4v) is 1.60. The summed E-state index contributed by atoms with van der Waals surface area (Å²) >= 11 is 0. The summed E-state index contributed by atoms with van der Waals surface area (Å²) in [7, 11) is 0. The zero-order chi connectivity index (χ0) is 13.7. The molecule has 0 radical (unpaired) electrons. The van der Waals surface area contributed by atoms with Crippen LogP contribution in [0.15, 0.2) is 28.9 Å². The van der Waals surface area contributed by atoms with E-state index < -0.39 is 0 Å². The number of amides is 1. The van der Waals surface area contributed by atoms with Crippen LogP contribution in [-0.4, -0.2) is 22.4 Å². The van der Waals surface area contributed by atoms with E-state index in [1.165, 1.54) is 0 Å². The lowest BCUT2D eigenvalue weighted by atomic mass is 10.3. The van der Waals surface area contributed by atoms with Crippen molar-refractivity contribution in [2.45, 2.75) is 20.4 Å². The van der Waals surface area contributed by atoms with Crippen LogP contribution in [0.5, 0.6) is 0 Å². The minimum Gasteiger partial charge on any atom is -0.444 e. The Kier molecular flexibility index (Phi) is 4.12. The van der Waals surface area contributed by atoms with Crippen molar-refractivity contribution in [3.8, 4) is 0 Å². The first kappa shape index (κ1) is 13.1. The predicted octanol–water partition coefficient (Wildman–Crippen LogP) is 1.74. The van der Waals surface area contributed by atoms with E-state index in [1.54, 1.807) is 25.4 Å². The molecule has 100 valence electrons. The van der Waals surface area contributed by atoms with Gasteiger partial charge in [0.2, 0.25) is 5.89 Å². The van der Waals surface area contributed by atoms with Crippen molar-refractivity contribution in [2.75, 3.05) is 11.9 Å². The number of carbonyl (C=O) groups excluding carboxylic acids is 1. The summed E-state index contributed by atoms with van der Waals surface area (Å²) in [6.07, 6.45) is 3.22. The second kappa shape index (κ2) is 5.99. The Bertz CT molecular complexity index is 565. The number of pyridine rings is 1. The summed E-state index contributed by atoms with van der Waals surface area (Å²) in [6.45, 7) is 4.84. The summed E-state index contributed by atoms with van der Waals surface area (Å²) in [5.74, 6) is 0.945. The van der Waals surface area contributed by atoms with Crippen LogP contribution in [0.1, 0.15) is 29.1 Å². The number of oxazole rings is 1. The highest BCUT2D eigenvalue weighted by Crippen LogP contribution is 2.08. The van der Waals surface area contributed by atoms with Crippen molar-refractivity contribution in [2.24, 2.45) is 0 Å². The van der Waals surface area contributed by atoms with Gasteiger partial charge < -0.3 is 15.1 Å². The molecule has 0 aliphatic rings. The number of hydrogen-bond donors (Lipinski definition) is 2. The van der Waals surface area contributed by atoms with Gasteiger partial charge in [-0.25, -0.2) is 4.98 Å². The number of carbonyl (C=O) groups is 1. The number of anilines is 1. The van der Waals surface area contributed by atoms with Crippen LogP contribution in [0.2, 0.25) is 0 Å². The van der Waals surface area contributed by atoms with Crippen LogP contribution in [-0.2, 0) is 6.54 Å². The van der Waals surface area contributed by atoms with E-state index in [4.69, 9.17) is 4.42 Å². The molecule has 2 rings (SSSR count). The summed E-state index contributed by atoms with van der Waals surface area (Å²) in [6, 6.07) is 3.53. The van der Waals surface area contributed by atoms with Crippen molar-refractivity contribution < 1.29 is 9.21 Å². The van der Waals surface area contributed by atoms with E-state index >= 15 is 0 Å². The highest BCUT2D eigenvalue weighted by atomic mass is 16.4. The Hall–Kier alpha value is -2.37. The molecular formula is C13H16N4O2. The number of nitrogens with zero attached hydrogens (tertiary/aromatic N) is 2. The Labute approximate surface area is 111 Å². The minimum absolute atomic E-state index is 0.250. The van der Waals surface area contributed by atoms with Gasteiger partial charge in [-0.3, -0.25) is 9.78 Å². The van der Waals surface area contributed by atoms with Crippen molar-refractivity contribution in [3.63, 3.8) is 0 Å². The monoisotopic (exact) mass is 260 g/mol. The molecule has 1 amide bonds. The Morgan fingerprint density at radius 1 is 1.42 bits per heavy atom. The van der Waals surface area contributed by atoms with Gasteiger partial charge in [-0.1, -0.05) is 0 Å². The van der Waals surface area contributed by atoms with Crippen molar-refractivity contribution in [1.29, 1.82) is 0 Å². The van der Waals surface area contributed by atoms with Crippen LogP contribution in [0.4, 0.5) is 5.69 Å². The van der Waals surface area contributed by atoms with Crippen LogP contribution in [0.3, 0.4) is 0 Å². The van der Waals surface area contributed by atoms with Gasteiger partial charge in [-0.2, -0.15) is 0 Å². The van der Waals surface area contributed by atoms with Crippen molar-refractivity contribution >= 4 is 11.6 Å². The normalized spacial score (nSPS) is 10.2. The van der Waals surface area contributed by atoms with Gasteiger partial charge in [0.15, 0.2) is 0 Å². The van der Waals surface area contributed by atoms with E-state index in [1.807, 2.05) is 13.0 Å². The SMILES string of the molecule is CCNc1ccnc(C(=O)NCc2ncc(C)o2)c1. The molecule has 2 aromatic rings. The molecule has 0 saturated heterocycles. The average molecular weight is 260 g/mol. The highest BCUT2D eigenvalue weighted by molar-refractivity contribution is 5.92. The fourth-order valence-electron chi connectivity index (χ4n) is 1.60. The lowest BCUT2D eigenvalue weighted by Gasteiger charge is -2.05. The third-order valence-corrected chi connectivity index (χ3v) is 2.44. The Morgan fingerprint density at radius 3 is 2.95 bits per heavy atom. The zero-order valence-electron chi connectivity index (χ0n) is 10.9. The maximum atomic E-state index is 11.9. The molecule has 0 atom stereocenters. The van der Waals surface area contributed by atoms with E-state index in [9.17, 15) is 4.79 Å². The Morgan fingerprint density at radius 2 is 2.26 bits per heavy atom. The largest absolute Gasteiger partial charge is 0.444 e. The minimum atomic E-state index is -0.254. The highest BCUT2D eigenvalue weighted by Gasteiger charge is 2.09. The van der Waals surface area contributed by atoms with Gasteiger partial charge in [0.1, 0.15) is 11.5 Å². The molecular weight excluding hydrogens is 244 g/mol. The first-order chi connectivity index (χ1) is 9.19. The molecule has 0 aliphatic heterocycles. The second-order valence-electron chi connectivity index (χ2n) is 4.01. The summed E-state index contributed by atoms with van der Waals surface area (Å²) in [5, 5.41) is 5.84. The van der Waals surface area contributed by atoms with Gasteiger partial charge in [0, 0.05) is 18.4 Å². The lowest BCUT2D eigenvalue weighted by molar-refractivity contribution is 0.0942. The van der Waals surface area contributed by atoms with Gasteiger partial charge in [-0.15, -0.1) is 0 Å². The van der Waals surface area contributed by atoms with Crippen LogP contribution in [0, 0.1) is 6.92 Å². The number of rotatable bonds is 5. The quantitative estimate of drug-likeness (QED) is 0.856. The summed E-state index contributed by atoms with van der Waals surface area (Å²) in [5.41, 5.74) is 1.23. The van der Waals surface area contributed by atoms with Gasteiger partial charge in [-0.05, 0) is 26.0 Å². The predicted molar refractivity (Wildman–Crippen MR) is 70.8 cm³/mol. The average Bonchev–Trinajstić information content (AvgIpc) is 2.82. The summed E-state index contributed by atoms with van der Waals surface area (Å²) in [4.78, 5) is 20.0. The molecule has 0 bridgehead atoms. The molecule has 6 nitrogen and oxygen atoms in total. The number of aromatic nitrogens is 2. The molecule has 2 N–H and O–H groups in total. The molecule has 2 heterocycles. The molecule has 0 aromatic carbocycles. The van der Waals surface area contributed by atoms with Crippen LogP contribution >= 0.6 is 0 Å².